The molecule has 1 aliphatic heterocycles. The molecular formula is C26H24N2O2S. The summed E-state index contributed by atoms with van der Waals surface area (Å²) in [6, 6.07) is 25.1. The molecular weight excluding hydrogens is 404 g/mol. The molecule has 0 saturated carbocycles. The maximum atomic E-state index is 13.4. The zero-order chi connectivity index (χ0) is 21.8. The summed E-state index contributed by atoms with van der Waals surface area (Å²) in [7, 11) is 0. The average molecular weight is 429 g/mol. The Morgan fingerprint density at radius 2 is 1.32 bits per heavy atom. The van der Waals surface area contributed by atoms with Crippen molar-refractivity contribution in [1.82, 2.24) is 0 Å². The molecule has 0 atom stereocenters. The van der Waals surface area contributed by atoms with E-state index in [4.69, 9.17) is 0 Å². The Labute approximate surface area is 187 Å². The molecule has 4 nitrogen and oxygen atoms in total. The summed E-state index contributed by atoms with van der Waals surface area (Å²) in [5, 5.41) is 3.21. The molecule has 0 aliphatic carbocycles. The van der Waals surface area contributed by atoms with Gasteiger partial charge in [0.2, 0.25) is 0 Å². The lowest BCUT2D eigenvalue weighted by Gasteiger charge is -2.15. The molecule has 1 aliphatic rings. The van der Waals surface area contributed by atoms with Gasteiger partial charge in [-0.2, -0.15) is 0 Å². The van der Waals surface area contributed by atoms with Crippen LogP contribution in [-0.2, 0) is 22.4 Å². The van der Waals surface area contributed by atoms with Crippen molar-refractivity contribution < 1.29 is 9.59 Å². The molecule has 0 radical (unpaired) electrons. The van der Waals surface area contributed by atoms with Gasteiger partial charge in [0.05, 0.1) is 5.69 Å². The Bertz CT molecular complexity index is 1120. The van der Waals surface area contributed by atoms with Crippen LogP contribution in [0.15, 0.2) is 94.4 Å². The zero-order valence-corrected chi connectivity index (χ0v) is 18.4. The Kier molecular flexibility index (Phi) is 6.23. The van der Waals surface area contributed by atoms with Gasteiger partial charge in [-0.05, 0) is 60.4 Å². The van der Waals surface area contributed by atoms with E-state index in [2.05, 4.69) is 19.2 Å². The summed E-state index contributed by atoms with van der Waals surface area (Å²) < 4.78 is 0. The first kappa shape index (κ1) is 20.9. The molecule has 0 spiro atoms. The molecule has 5 heteroatoms. The van der Waals surface area contributed by atoms with Crippen molar-refractivity contribution in [2.45, 2.75) is 31.6 Å². The Morgan fingerprint density at radius 3 is 1.90 bits per heavy atom. The van der Waals surface area contributed by atoms with E-state index < -0.39 is 0 Å². The van der Waals surface area contributed by atoms with E-state index in [-0.39, 0.29) is 11.8 Å². The van der Waals surface area contributed by atoms with Gasteiger partial charge in [0, 0.05) is 10.6 Å². The van der Waals surface area contributed by atoms with Crippen molar-refractivity contribution in [2.24, 2.45) is 0 Å². The van der Waals surface area contributed by atoms with Gasteiger partial charge in [0.15, 0.2) is 0 Å². The number of anilines is 2. The van der Waals surface area contributed by atoms with E-state index in [1.165, 1.54) is 22.2 Å². The van der Waals surface area contributed by atoms with Crippen LogP contribution in [0.5, 0.6) is 0 Å². The molecule has 0 saturated heterocycles. The Hall–Kier alpha value is -3.31. The second-order valence-electron chi connectivity index (χ2n) is 7.26. The third-order valence-electron chi connectivity index (χ3n) is 5.24. The van der Waals surface area contributed by atoms with E-state index >= 15 is 0 Å². The summed E-state index contributed by atoms with van der Waals surface area (Å²) >= 11 is 1.31. The lowest BCUT2D eigenvalue weighted by atomic mass is 10.1. The molecule has 1 heterocycles. The third-order valence-corrected chi connectivity index (χ3v) is 6.33. The number of nitrogens with zero attached hydrogens (tertiary/aromatic N) is 1. The number of aryl methyl sites for hydroxylation is 2. The maximum Gasteiger partial charge on any atom is 0.283 e. The highest BCUT2D eigenvalue weighted by atomic mass is 32.2. The molecule has 31 heavy (non-hydrogen) atoms. The van der Waals surface area contributed by atoms with Crippen LogP contribution in [0.1, 0.15) is 25.0 Å². The first-order valence-electron chi connectivity index (χ1n) is 10.4. The number of carbonyl (C=O) groups is 2. The Morgan fingerprint density at radius 1 is 0.742 bits per heavy atom. The number of imide groups is 1. The third kappa shape index (κ3) is 4.42. The predicted octanol–water partition coefficient (Wildman–Crippen LogP) is 5.80. The van der Waals surface area contributed by atoms with Gasteiger partial charge >= 0.3 is 0 Å². The van der Waals surface area contributed by atoms with Gasteiger partial charge in [-0.1, -0.05) is 68.1 Å². The number of thioether (sulfide) groups is 1. The highest BCUT2D eigenvalue weighted by Crippen LogP contribution is 2.37. The van der Waals surface area contributed by atoms with Gasteiger partial charge in [0.1, 0.15) is 10.6 Å². The van der Waals surface area contributed by atoms with Gasteiger partial charge < -0.3 is 5.32 Å². The summed E-state index contributed by atoms with van der Waals surface area (Å²) in [6.07, 6.45) is 1.84. The fourth-order valence-corrected chi connectivity index (χ4v) is 4.35. The normalized spacial score (nSPS) is 13.8. The molecule has 156 valence electrons. The van der Waals surface area contributed by atoms with Crippen LogP contribution < -0.4 is 10.2 Å². The summed E-state index contributed by atoms with van der Waals surface area (Å²) in [4.78, 5) is 29.3. The Balaban J connectivity index is 1.70. The number of hydrogen-bond donors (Lipinski definition) is 1. The minimum Gasteiger partial charge on any atom is -0.350 e. The predicted molar refractivity (Wildman–Crippen MR) is 127 cm³/mol. The largest absolute Gasteiger partial charge is 0.350 e. The van der Waals surface area contributed by atoms with Crippen molar-refractivity contribution >= 4 is 35.0 Å². The topological polar surface area (TPSA) is 49.4 Å². The lowest BCUT2D eigenvalue weighted by Crippen LogP contribution is -2.32. The highest BCUT2D eigenvalue weighted by molar-refractivity contribution is 8.04. The van der Waals surface area contributed by atoms with Gasteiger partial charge in [-0.15, -0.1) is 0 Å². The summed E-state index contributed by atoms with van der Waals surface area (Å²) in [5.74, 6) is -0.650. The second-order valence-corrected chi connectivity index (χ2v) is 8.34. The second kappa shape index (κ2) is 9.23. The van der Waals surface area contributed by atoms with Crippen LogP contribution in [0, 0.1) is 0 Å². The van der Waals surface area contributed by atoms with E-state index in [1.807, 2.05) is 78.9 Å². The lowest BCUT2D eigenvalue weighted by molar-refractivity contribution is -0.120. The van der Waals surface area contributed by atoms with E-state index in [9.17, 15) is 9.59 Å². The van der Waals surface area contributed by atoms with E-state index in [1.54, 1.807) is 0 Å². The first-order valence-corrected chi connectivity index (χ1v) is 11.2. The average Bonchev–Trinajstić information content (AvgIpc) is 3.04. The van der Waals surface area contributed by atoms with Crippen LogP contribution >= 0.6 is 11.8 Å². The van der Waals surface area contributed by atoms with Crippen molar-refractivity contribution in [3.8, 4) is 0 Å². The van der Waals surface area contributed by atoms with Crippen LogP contribution in [0.4, 0.5) is 11.4 Å². The molecule has 3 aromatic rings. The van der Waals surface area contributed by atoms with Crippen LogP contribution in [-0.4, -0.2) is 11.8 Å². The number of nitrogens with one attached hydrogen (secondary N) is 1. The van der Waals surface area contributed by atoms with Crippen molar-refractivity contribution in [2.75, 3.05) is 10.2 Å². The zero-order valence-electron chi connectivity index (χ0n) is 17.6. The highest BCUT2D eigenvalue weighted by Gasteiger charge is 2.40. The molecule has 0 unspecified atom stereocenters. The maximum absolute atomic E-state index is 13.4. The van der Waals surface area contributed by atoms with E-state index in [0.717, 1.165) is 29.0 Å². The first-order chi connectivity index (χ1) is 15.1. The number of hydrogen-bond acceptors (Lipinski definition) is 4. The monoisotopic (exact) mass is 428 g/mol. The minimum absolute atomic E-state index is 0.308. The van der Waals surface area contributed by atoms with Crippen molar-refractivity contribution in [3.05, 3.63) is 101 Å². The number of rotatable bonds is 7. The van der Waals surface area contributed by atoms with Crippen LogP contribution in [0.2, 0.25) is 0 Å². The molecule has 0 bridgehead atoms. The van der Waals surface area contributed by atoms with Crippen LogP contribution in [0.3, 0.4) is 0 Å². The van der Waals surface area contributed by atoms with E-state index in [0.29, 0.717) is 16.3 Å². The molecule has 2 amide bonds. The van der Waals surface area contributed by atoms with Gasteiger partial charge in [0.25, 0.3) is 11.8 Å². The molecule has 3 aromatic carbocycles. The van der Waals surface area contributed by atoms with Crippen molar-refractivity contribution in [3.63, 3.8) is 0 Å². The fraction of sp³-hybridized carbons (Fsp3) is 0.154. The minimum atomic E-state index is -0.341. The van der Waals surface area contributed by atoms with Gasteiger partial charge in [-0.25, -0.2) is 4.90 Å². The summed E-state index contributed by atoms with van der Waals surface area (Å²) in [5.41, 5.74) is 4.04. The number of carbonyl (C=O) groups excluding carboxylic acids is 2. The fourth-order valence-electron chi connectivity index (χ4n) is 3.40. The van der Waals surface area contributed by atoms with Crippen LogP contribution in [0.25, 0.3) is 0 Å². The van der Waals surface area contributed by atoms with Crippen molar-refractivity contribution in [1.29, 1.82) is 0 Å². The summed E-state index contributed by atoms with van der Waals surface area (Å²) in [6.45, 7) is 4.17. The molecule has 0 fully saturated rings. The SMILES string of the molecule is CCc1ccc(NC2=C(Sc3ccccc3)C(=O)N(c3ccc(CC)cc3)C2=O)cc1. The van der Waals surface area contributed by atoms with Gasteiger partial charge in [-0.3, -0.25) is 9.59 Å². The quantitative estimate of drug-likeness (QED) is 0.483. The molecule has 1 N–H and O–H groups in total. The molecule has 0 aromatic heterocycles. The number of amides is 2. The number of benzene rings is 3. The smallest absolute Gasteiger partial charge is 0.283 e. The standard InChI is InChI=1S/C26H24N2O2S/c1-3-18-10-14-20(15-11-18)27-23-24(31-22-8-6-5-7-9-22)26(30)28(25(23)29)21-16-12-19(4-2)13-17-21/h5-17,27H,3-4H2,1-2H3. The molecule has 4 rings (SSSR count).